The third-order valence-corrected chi connectivity index (χ3v) is 4.93. The van der Waals surface area contributed by atoms with Gasteiger partial charge in [-0.2, -0.15) is 0 Å². The summed E-state index contributed by atoms with van der Waals surface area (Å²) < 4.78 is 0. The smallest absolute Gasteiger partial charge is 0.0252 e. The van der Waals surface area contributed by atoms with Crippen LogP contribution in [0.15, 0.2) is 0 Å². The molecule has 0 radical (unpaired) electrons. The summed E-state index contributed by atoms with van der Waals surface area (Å²) in [7, 11) is 0. The van der Waals surface area contributed by atoms with E-state index in [4.69, 9.17) is 5.73 Å². The van der Waals surface area contributed by atoms with Gasteiger partial charge in [0.1, 0.15) is 0 Å². The summed E-state index contributed by atoms with van der Waals surface area (Å²) in [6.07, 6.45) is 8.06. The van der Waals surface area contributed by atoms with Crippen molar-refractivity contribution in [2.24, 2.45) is 17.6 Å². The van der Waals surface area contributed by atoms with Crippen LogP contribution in [0.1, 0.15) is 59.3 Å². The number of hydrogen-bond donors (Lipinski definition) is 1. The van der Waals surface area contributed by atoms with Gasteiger partial charge in [0.2, 0.25) is 0 Å². The van der Waals surface area contributed by atoms with Crippen molar-refractivity contribution in [2.45, 2.75) is 77.4 Å². The lowest BCUT2D eigenvalue weighted by Crippen LogP contribution is -2.52. The van der Waals surface area contributed by atoms with Gasteiger partial charge in [-0.05, 0) is 44.4 Å². The van der Waals surface area contributed by atoms with Crippen LogP contribution in [0.2, 0.25) is 0 Å². The minimum absolute atomic E-state index is 0.427. The van der Waals surface area contributed by atoms with Crippen molar-refractivity contribution in [3.05, 3.63) is 0 Å². The molecule has 1 aliphatic carbocycles. The van der Waals surface area contributed by atoms with E-state index in [9.17, 15) is 0 Å². The van der Waals surface area contributed by atoms with Crippen LogP contribution in [0.5, 0.6) is 0 Å². The molecule has 5 unspecified atom stereocenters. The van der Waals surface area contributed by atoms with E-state index in [1.54, 1.807) is 0 Å². The van der Waals surface area contributed by atoms with Crippen LogP contribution in [-0.2, 0) is 0 Å². The van der Waals surface area contributed by atoms with E-state index in [-0.39, 0.29) is 0 Å². The molecule has 2 rings (SSSR count). The minimum Gasteiger partial charge on any atom is -0.326 e. The summed E-state index contributed by atoms with van der Waals surface area (Å²) in [5.41, 5.74) is 6.38. The van der Waals surface area contributed by atoms with Gasteiger partial charge in [-0.1, -0.05) is 26.7 Å². The fraction of sp³-hybridized carbons (Fsp3) is 1.00. The highest BCUT2D eigenvalue weighted by atomic mass is 15.2. The minimum atomic E-state index is 0.427. The summed E-state index contributed by atoms with van der Waals surface area (Å²) in [5.74, 6) is 1.80. The van der Waals surface area contributed by atoms with E-state index in [0.29, 0.717) is 12.1 Å². The Morgan fingerprint density at radius 1 is 1.18 bits per heavy atom. The molecule has 0 spiro atoms. The lowest BCUT2D eigenvalue weighted by Gasteiger charge is -2.41. The first-order valence-corrected chi connectivity index (χ1v) is 7.63. The zero-order valence-corrected chi connectivity index (χ0v) is 11.9. The van der Waals surface area contributed by atoms with Crippen molar-refractivity contribution >= 4 is 0 Å². The molecular formula is C15H30N2. The predicted molar refractivity (Wildman–Crippen MR) is 74.0 cm³/mol. The zero-order chi connectivity index (χ0) is 12.4. The monoisotopic (exact) mass is 238 g/mol. The van der Waals surface area contributed by atoms with Gasteiger partial charge in [0.25, 0.3) is 0 Å². The summed E-state index contributed by atoms with van der Waals surface area (Å²) in [5, 5.41) is 0. The number of likely N-dealkylation sites (tertiary alicyclic amines) is 1. The summed E-state index contributed by atoms with van der Waals surface area (Å²) in [6.45, 7) is 8.36. The zero-order valence-electron chi connectivity index (χ0n) is 11.9. The molecule has 0 bridgehead atoms. The van der Waals surface area contributed by atoms with Gasteiger partial charge in [-0.15, -0.1) is 0 Å². The molecule has 2 aliphatic rings. The van der Waals surface area contributed by atoms with Crippen LogP contribution < -0.4 is 5.73 Å². The molecule has 0 aromatic heterocycles. The molecule has 0 aromatic rings. The van der Waals surface area contributed by atoms with E-state index in [1.165, 1.54) is 45.1 Å². The second-order valence-corrected chi connectivity index (χ2v) is 6.59. The number of nitrogens with two attached hydrogens (primary N) is 1. The Balaban J connectivity index is 1.97. The Labute approximate surface area is 107 Å². The van der Waals surface area contributed by atoms with E-state index in [2.05, 4.69) is 25.7 Å². The Morgan fingerprint density at radius 2 is 1.94 bits per heavy atom. The lowest BCUT2D eigenvalue weighted by atomic mass is 9.79. The van der Waals surface area contributed by atoms with Gasteiger partial charge in [-0.25, -0.2) is 0 Å². The van der Waals surface area contributed by atoms with E-state index in [0.717, 1.165) is 17.9 Å². The van der Waals surface area contributed by atoms with Crippen molar-refractivity contribution in [3.63, 3.8) is 0 Å². The average Bonchev–Trinajstić information content (AvgIpc) is 2.61. The highest BCUT2D eigenvalue weighted by Gasteiger charge is 2.37. The normalized spacial score (nSPS) is 44.1. The van der Waals surface area contributed by atoms with Crippen LogP contribution in [0.4, 0.5) is 0 Å². The maximum absolute atomic E-state index is 6.38. The van der Waals surface area contributed by atoms with Crippen LogP contribution in [-0.4, -0.2) is 29.6 Å². The van der Waals surface area contributed by atoms with Crippen LogP contribution >= 0.6 is 0 Å². The van der Waals surface area contributed by atoms with Gasteiger partial charge in [0.05, 0.1) is 0 Å². The van der Waals surface area contributed by atoms with E-state index >= 15 is 0 Å². The molecule has 17 heavy (non-hydrogen) atoms. The standard InChI is InChI=1S/C15H30N2/c1-4-5-13-6-7-14(16)15(9-13)17-10-11(2)8-12(17)3/h11-15H,4-10,16H2,1-3H3. The van der Waals surface area contributed by atoms with Gasteiger partial charge in [-0.3, -0.25) is 4.90 Å². The first-order chi connectivity index (χ1) is 8.11. The third kappa shape index (κ3) is 3.03. The van der Waals surface area contributed by atoms with E-state index in [1.807, 2.05) is 0 Å². The Kier molecular flexibility index (Phi) is 4.48. The molecule has 2 N–H and O–H groups in total. The number of rotatable bonds is 3. The fourth-order valence-electron chi connectivity index (χ4n) is 4.10. The molecule has 0 aromatic carbocycles. The molecule has 1 aliphatic heterocycles. The molecule has 100 valence electrons. The SMILES string of the molecule is CCCC1CCC(N)C(N2CC(C)CC2C)C1. The molecule has 2 heteroatoms. The quantitative estimate of drug-likeness (QED) is 0.819. The van der Waals surface area contributed by atoms with Crippen molar-refractivity contribution in [1.29, 1.82) is 0 Å². The lowest BCUT2D eigenvalue weighted by molar-refractivity contribution is 0.101. The van der Waals surface area contributed by atoms with Gasteiger partial charge in [0.15, 0.2) is 0 Å². The molecule has 1 saturated carbocycles. The summed E-state index contributed by atoms with van der Waals surface area (Å²) in [6, 6.07) is 1.84. The topological polar surface area (TPSA) is 29.3 Å². The Hall–Kier alpha value is -0.0800. The van der Waals surface area contributed by atoms with Crippen LogP contribution in [0, 0.1) is 11.8 Å². The van der Waals surface area contributed by atoms with Gasteiger partial charge < -0.3 is 5.73 Å². The molecule has 2 fully saturated rings. The van der Waals surface area contributed by atoms with Crippen molar-refractivity contribution in [2.75, 3.05) is 6.54 Å². The molecule has 1 saturated heterocycles. The molecule has 0 amide bonds. The largest absolute Gasteiger partial charge is 0.326 e. The van der Waals surface area contributed by atoms with Crippen LogP contribution in [0.3, 0.4) is 0 Å². The number of nitrogens with zero attached hydrogens (tertiary/aromatic N) is 1. The summed E-state index contributed by atoms with van der Waals surface area (Å²) in [4.78, 5) is 2.72. The molecular weight excluding hydrogens is 208 g/mol. The molecule has 2 nitrogen and oxygen atoms in total. The van der Waals surface area contributed by atoms with Crippen molar-refractivity contribution in [1.82, 2.24) is 4.90 Å². The second-order valence-electron chi connectivity index (χ2n) is 6.59. The highest BCUT2D eigenvalue weighted by Crippen LogP contribution is 2.34. The van der Waals surface area contributed by atoms with Crippen LogP contribution in [0.25, 0.3) is 0 Å². The Morgan fingerprint density at radius 3 is 2.53 bits per heavy atom. The van der Waals surface area contributed by atoms with E-state index < -0.39 is 0 Å². The fourth-order valence-corrected chi connectivity index (χ4v) is 4.10. The summed E-state index contributed by atoms with van der Waals surface area (Å²) >= 11 is 0. The first-order valence-electron chi connectivity index (χ1n) is 7.63. The highest BCUT2D eigenvalue weighted by molar-refractivity contribution is 4.94. The average molecular weight is 238 g/mol. The van der Waals surface area contributed by atoms with Crippen molar-refractivity contribution < 1.29 is 0 Å². The third-order valence-electron chi connectivity index (χ3n) is 4.93. The van der Waals surface area contributed by atoms with Gasteiger partial charge >= 0.3 is 0 Å². The molecule has 5 atom stereocenters. The first kappa shape index (κ1) is 13.4. The number of hydrogen-bond acceptors (Lipinski definition) is 2. The predicted octanol–water partition coefficient (Wildman–Crippen LogP) is 3.01. The Bertz CT molecular complexity index is 241. The molecule has 1 heterocycles. The maximum atomic E-state index is 6.38. The second kappa shape index (κ2) is 5.71. The van der Waals surface area contributed by atoms with Crippen molar-refractivity contribution in [3.8, 4) is 0 Å². The maximum Gasteiger partial charge on any atom is 0.0252 e. The van der Waals surface area contributed by atoms with Gasteiger partial charge in [0, 0.05) is 24.7 Å².